The van der Waals surface area contributed by atoms with Crippen molar-refractivity contribution in [3.8, 4) is 22.3 Å². The molecule has 0 unspecified atom stereocenters. The smallest absolute Gasteiger partial charge is 0.0353 e. The highest BCUT2D eigenvalue weighted by Crippen LogP contribution is 2.49. The molecule has 0 aliphatic heterocycles. The van der Waals surface area contributed by atoms with E-state index >= 15 is 0 Å². The molecule has 1 aliphatic rings. The molecule has 0 fully saturated rings. The maximum Gasteiger partial charge on any atom is 0.0353 e. The molecule has 20 heavy (non-hydrogen) atoms. The van der Waals surface area contributed by atoms with Gasteiger partial charge in [-0.15, -0.1) is 0 Å². The Bertz CT molecular complexity index is 999. The number of benzene rings is 3. The maximum atomic E-state index is 4.42. The number of fused-ring (bicyclic) bond motifs is 5. The Hall–Kier alpha value is -2.67. The predicted octanol–water partition coefficient (Wildman–Crippen LogP) is 5.04. The van der Waals surface area contributed by atoms with Crippen molar-refractivity contribution in [1.29, 1.82) is 0 Å². The van der Waals surface area contributed by atoms with Gasteiger partial charge in [-0.25, -0.2) is 0 Å². The van der Waals surface area contributed by atoms with Gasteiger partial charge in [0, 0.05) is 28.7 Å². The van der Waals surface area contributed by atoms with Crippen molar-refractivity contribution in [2.24, 2.45) is 0 Å². The molecule has 0 saturated heterocycles. The van der Waals surface area contributed by atoms with E-state index in [0.29, 0.717) is 0 Å². The van der Waals surface area contributed by atoms with Gasteiger partial charge in [0.25, 0.3) is 0 Å². The van der Waals surface area contributed by atoms with Gasteiger partial charge < -0.3 is 0 Å². The lowest BCUT2D eigenvalue weighted by atomic mass is 9.97. The molecule has 0 N–H and O–H groups in total. The second kappa shape index (κ2) is 3.45. The topological polar surface area (TPSA) is 12.9 Å². The summed E-state index contributed by atoms with van der Waals surface area (Å²) in [4.78, 5) is 4.42. The number of nitrogens with zero attached hydrogens (tertiary/aromatic N) is 1. The molecule has 0 spiro atoms. The van der Waals surface area contributed by atoms with E-state index in [-0.39, 0.29) is 0 Å². The summed E-state index contributed by atoms with van der Waals surface area (Å²) in [5.41, 5.74) is 5.26. The van der Waals surface area contributed by atoms with Crippen LogP contribution in [0.4, 0.5) is 0 Å². The Morgan fingerprint density at radius 3 is 2.40 bits per heavy atom. The zero-order valence-electron chi connectivity index (χ0n) is 10.8. The molecule has 0 saturated carbocycles. The molecule has 1 nitrogen and oxygen atoms in total. The molecule has 4 aromatic rings. The molecule has 92 valence electrons. The summed E-state index contributed by atoms with van der Waals surface area (Å²) in [5.74, 6) is 0. The Kier molecular flexibility index (Phi) is 1.75. The van der Waals surface area contributed by atoms with Gasteiger partial charge in [-0.05, 0) is 33.5 Å². The molecule has 1 heteroatoms. The van der Waals surface area contributed by atoms with Crippen molar-refractivity contribution < 1.29 is 0 Å². The molecule has 3 aromatic carbocycles. The zero-order valence-corrected chi connectivity index (χ0v) is 10.8. The Morgan fingerprint density at radius 2 is 1.45 bits per heavy atom. The molecule has 5 rings (SSSR count). The molecule has 1 heterocycles. The minimum absolute atomic E-state index is 1.23. The first kappa shape index (κ1) is 10.2. The van der Waals surface area contributed by atoms with Gasteiger partial charge in [-0.1, -0.05) is 48.5 Å². The summed E-state index contributed by atoms with van der Waals surface area (Å²) in [5, 5.41) is 5.19. The fourth-order valence-electron chi connectivity index (χ4n) is 3.44. The van der Waals surface area contributed by atoms with Crippen LogP contribution in [0, 0.1) is 0 Å². The highest BCUT2D eigenvalue weighted by molar-refractivity contribution is 6.23. The SMILES string of the molecule is c1ccc2c(c1)-c1cncc3cc4ccccc4c-2c13. The van der Waals surface area contributed by atoms with Gasteiger partial charge in [-0.3, -0.25) is 4.98 Å². The quantitative estimate of drug-likeness (QED) is 0.352. The van der Waals surface area contributed by atoms with Crippen LogP contribution in [0.5, 0.6) is 0 Å². The molecular weight excluding hydrogens is 242 g/mol. The van der Waals surface area contributed by atoms with Crippen LogP contribution in [0.15, 0.2) is 67.0 Å². The summed E-state index contributed by atoms with van der Waals surface area (Å²) in [6.07, 6.45) is 3.97. The maximum absolute atomic E-state index is 4.42. The summed E-state index contributed by atoms with van der Waals surface area (Å²) in [6.45, 7) is 0. The van der Waals surface area contributed by atoms with Crippen molar-refractivity contribution in [3.63, 3.8) is 0 Å². The minimum atomic E-state index is 1.23. The average Bonchev–Trinajstić information content (AvgIpc) is 2.85. The van der Waals surface area contributed by atoms with E-state index < -0.39 is 0 Å². The Balaban J connectivity index is 2.15. The van der Waals surface area contributed by atoms with Crippen molar-refractivity contribution in [1.82, 2.24) is 4.98 Å². The second-order valence-corrected chi connectivity index (χ2v) is 5.30. The fourth-order valence-corrected chi connectivity index (χ4v) is 3.44. The minimum Gasteiger partial charge on any atom is -0.263 e. The van der Waals surface area contributed by atoms with Crippen molar-refractivity contribution >= 4 is 21.5 Å². The summed E-state index contributed by atoms with van der Waals surface area (Å²) >= 11 is 0. The summed E-state index contributed by atoms with van der Waals surface area (Å²) in [6, 6.07) is 19.5. The van der Waals surface area contributed by atoms with E-state index in [2.05, 4.69) is 59.6 Å². The zero-order chi connectivity index (χ0) is 13.1. The number of pyridine rings is 1. The second-order valence-electron chi connectivity index (χ2n) is 5.30. The van der Waals surface area contributed by atoms with Gasteiger partial charge in [0.2, 0.25) is 0 Å². The first-order valence-corrected chi connectivity index (χ1v) is 6.83. The van der Waals surface area contributed by atoms with Crippen LogP contribution < -0.4 is 0 Å². The number of hydrogen-bond donors (Lipinski definition) is 0. The fraction of sp³-hybridized carbons (Fsp3) is 0. The molecule has 0 radical (unpaired) electrons. The van der Waals surface area contributed by atoms with Crippen LogP contribution in [0.2, 0.25) is 0 Å². The van der Waals surface area contributed by atoms with Crippen molar-refractivity contribution in [3.05, 3.63) is 67.0 Å². The van der Waals surface area contributed by atoms with E-state index in [1.807, 2.05) is 12.4 Å². The van der Waals surface area contributed by atoms with E-state index in [1.54, 1.807) is 0 Å². The van der Waals surface area contributed by atoms with Crippen LogP contribution in [0.1, 0.15) is 0 Å². The third-order valence-corrected chi connectivity index (χ3v) is 4.25. The van der Waals surface area contributed by atoms with Gasteiger partial charge >= 0.3 is 0 Å². The molecule has 0 bridgehead atoms. The van der Waals surface area contributed by atoms with E-state index in [1.165, 1.54) is 43.8 Å². The number of hydrogen-bond acceptors (Lipinski definition) is 1. The van der Waals surface area contributed by atoms with E-state index in [0.717, 1.165) is 0 Å². The van der Waals surface area contributed by atoms with Gasteiger partial charge in [-0.2, -0.15) is 0 Å². The third kappa shape index (κ3) is 1.11. The molecule has 0 atom stereocenters. The van der Waals surface area contributed by atoms with Crippen LogP contribution in [0.3, 0.4) is 0 Å². The molecule has 0 amide bonds. The normalized spacial score (nSPS) is 12.0. The van der Waals surface area contributed by atoms with Gasteiger partial charge in [0.05, 0.1) is 0 Å². The lowest BCUT2D eigenvalue weighted by Crippen LogP contribution is -1.81. The first-order valence-electron chi connectivity index (χ1n) is 6.83. The van der Waals surface area contributed by atoms with Crippen molar-refractivity contribution in [2.75, 3.05) is 0 Å². The molecular formula is C19H11N. The third-order valence-electron chi connectivity index (χ3n) is 4.25. The number of aromatic nitrogens is 1. The van der Waals surface area contributed by atoms with Gasteiger partial charge in [0.15, 0.2) is 0 Å². The van der Waals surface area contributed by atoms with Gasteiger partial charge in [0.1, 0.15) is 0 Å². The van der Waals surface area contributed by atoms with Crippen molar-refractivity contribution in [2.45, 2.75) is 0 Å². The van der Waals surface area contributed by atoms with Crippen LogP contribution in [-0.2, 0) is 0 Å². The number of rotatable bonds is 0. The Morgan fingerprint density at radius 1 is 0.650 bits per heavy atom. The monoisotopic (exact) mass is 253 g/mol. The average molecular weight is 253 g/mol. The van der Waals surface area contributed by atoms with E-state index in [9.17, 15) is 0 Å². The van der Waals surface area contributed by atoms with Crippen LogP contribution >= 0.6 is 0 Å². The standard InChI is InChI=1S/C19H11N/c1-2-6-14-12(5-1)9-13-10-20-11-17-15-7-3-4-8-16(15)19(14)18(13)17/h1-11H. The van der Waals surface area contributed by atoms with Crippen LogP contribution in [-0.4, -0.2) is 4.98 Å². The Labute approximate surface area is 116 Å². The predicted molar refractivity (Wildman–Crippen MR) is 83.7 cm³/mol. The summed E-state index contributed by atoms with van der Waals surface area (Å²) in [7, 11) is 0. The summed E-state index contributed by atoms with van der Waals surface area (Å²) < 4.78 is 0. The first-order chi connectivity index (χ1) is 9.93. The lowest BCUT2D eigenvalue weighted by Gasteiger charge is -2.07. The van der Waals surface area contributed by atoms with Crippen LogP contribution in [0.25, 0.3) is 43.8 Å². The highest BCUT2D eigenvalue weighted by Gasteiger charge is 2.23. The largest absolute Gasteiger partial charge is 0.263 e. The molecule has 1 aromatic heterocycles. The highest BCUT2D eigenvalue weighted by atomic mass is 14.6. The lowest BCUT2D eigenvalue weighted by molar-refractivity contribution is 1.37. The van der Waals surface area contributed by atoms with E-state index in [4.69, 9.17) is 0 Å². The molecule has 1 aliphatic carbocycles.